The van der Waals surface area contributed by atoms with Gasteiger partial charge in [0.2, 0.25) is 11.7 Å². The van der Waals surface area contributed by atoms with Gasteiger partial charge < -0.3 is 9.84 Å². The molecule has 0 unspecified atom stereocenters. The summed E-state index contributed by atoms with van der Waals surface area (Å²) in [5.41, 5.74) is 3.82. The van der Waals surface area contributed by atoms with Crippen molar-refractivity contribution in [2.45, 2.75) is 59.0 Å². The van der Waals surface area contributed by atoms with Gasteiger partial charge in [0.25, 0.3) is 5.56 Å². The first-order valence-corrected chi connectivity index (χ1v) is 11.8. The molecule has 8 heteroatoms. The highest BCUT2D eigenvalue weighted by Gasteiger charge is 2.23. The number of benzene rings is 1. The number of nitrogens with zero attached hydrogens (tertiary/aromatic N) is 4. The maximum absolute atomic E-state index is 13.5. The van der Waals surface area contributed by atoms with E-state index in [0.29, 0.717) is 45.9 Å². The first-order chi connectivity index (χ1) is 16.0. The summed E-state index contributed by atoms with van der Waals surface area (Å²) < 4.78 is 6.81. The van der Waals surface area contributed by atoms with Crippen molar-refractivity contribution in [1.82, 2.24) is 20.0 Å². The van der Waals surface area contributed by atoms with E-state index in [9.17, 15) is 4.79 Å². The maximum Gasteiger partial charge on any atom is 0.260 e. The first-order valence-electron chi connectivity index (χ1n) is 11.4. The molecule has 1 aliphatic heterocycles. The smallest absolute Gasteiger partial charge is 0.260 e. The lowest BCUT2D eigenvalue weighted by Gasteiger charge is -2.12. The normalized spacial score (nSPS) is 15.5. The number of aryl methyl sites for hydroxylation is 1. The van der Waals surface area contributed by atoms with Crippen molar-refractivity contribution in [3.8, 4) is 22.5 Å². The second kappa shape index (κ2) is 8.63. The van der Waals surface area contributed by atoms with E-state index in [2.05, 4.69) is 28.5 Å². The minimum absolute atomic E-state index is 0.107. The predicted octanol–water partition coefficient (Wildman–Crippen LogP) is 3.72. The lowest BCUT2D eigenvalue weighted by molar-refractivity contribution is 0.394. The predicted molar refractivity (Wildman–Crippen MR) is 128 cm³/mol. The molecule has 1 fully saturated rings. The third kappa shape index (κ3) is 4.13. The van der Waals surface area contributed by atoms with Crippen LogP contribution in [0.2, 0.25) is 5.02 Å². The molecule has 0 amide bonds. The number of pyridine rings is 1. The van der Waals surface area contributed by atoms with Crippen LogP contribution in [0.1, 0.15) is 45.4 Å². The van der Waals surface area contributed by atoms with Gasteiger partial charge in [-0.25, -0.2) is 4.99 Å². The van der Waals surface area contributed by atoms with Crippen molar-refractivity contribution in [3.63, 3.8) is 0 Å². The monoisotopic (exact) mass is 463 g/mol. The van der Waals surface area contributed by atoms with Gasteiger partial charge in [-0.2, -0.15) is 4.98 Å². The Hall–Kier alpha value is -3.19. The summed E-state index contributed by atoms with van der Waals surface area (Å²) in [6.07, 6.45) is 6.22. The van der Waals surface area contributed by atoms with Crippen molar-refractivity contribution in [3.05, 3.63) is 67.6 Å². The Morgan fingerprint density at radius 2 is 2.03 bits per heavy atom. The maximum atomic E-state index is 13.5. The molecule has 5 rings (SSSR count). The van der Waals surface area contributed by atoms with E-state index in [1.807, 2.05) is 25.1 Å². The molecule has 2 aliphatic rings. The van der Waals surface area contributed by atoms with Crippen molar-refractivity contribution < 1.29 is 4.52 Å². The van der Waals surface area contributed by atoms with Crippen LogP contribution in [-0.4, -0.2) is 20.7 Å². The van der Waals surface area contributed by atoms with Crippen molar-refractivity contribution in [1.29, 1.82) is 0 Å². The SMILES string of the molecule is CCC1=C(NC2CC2)N=c2c(cc(-c3ccc(-c4noc(C)n4)cc3Cl)c(=O)n2CC)=CC1. The molecule has 170 valence electrons. The summed E-state index contributed by atoms with van der Waals surface area (Å²) in [5.74, 6) is 1.87. The Labute approximate surface area is 196 Å². The van der Waals surface area contributed by atoms with Gasteiger partial charge in [0.1, 0.15) is 11.3 Å². The fraction of sp³-hybridized carbons (Fsp3) is 0.360. The molecule has 3 aromatic rings. The fourth-order valence-corrected chi connectivity index (χ4v) is 4.39. The second-order valence-corrected chi connectivity index (χ2v) is 8.87. The minimum Gasteiger partial charge on any atom is -0.367 e. The van der Waals surface area contributed by atoms with E-state index in [4.69, 9.17) is 21.1 Å². The zero-order chi connectivity index (χ0) is 23.1. The number of rotatable bonds is 6. The van der Waals surface area contributed by atoms with Gasteiger partial charge in [-0.05, 0) is 50.3 Å². The molecule has 3 heterocycles. The van der Waals surface area contributed by atoms with E-state index >= 15 is 0 Å². The molecule has 0 spiro atoms. The zero-order valence-electron chi connectivity index (χ0n) is 19.0. The average Bonchev–Trinajstić information content (AvgIpc) is 3.55. The van der Waals surface area contributed by atoms with E-state index in [1.54, 1.807) is 17.6 Å². The lowest BCUT2D eigenvalue weighted by Crippen LogP contribution is -2.44. The number of allylic oxidation sites excluding steroid dienone is 1. The van der Waals surface area contributed by atoms with Crippen LogP contribution in [0.3, 0.4) is 0 Å². The quantitative estimate of drug-likeness (QED) is 0.602. The third-order valence-electron chi connectivity index (χ3n) is 6.12. The number of fused-ring (bicyclic) bond motifs is 1. The number of nitrogens with one attached hydrogen (secondary N) is 1. The van der Waals surface area contributed by atoms with Gasteiger partial charge in [-0.15, -0.1) is 0 Å². The van der Waals surface area contributed by atoms with Crippen LogP contribution in [0.5, 0.6) is 0 Å². The van der Waals surface area contributed by atoms with Gasteiger partial charge >= 0.3 is 0 Å². The van der Waals surface area contributed by atoms with E-state index in [-0.39, 0.29) is 5.56 Å². The molecule has 2 aromatic heterocycles. The van der Waals surface area contributed by atoms with E-state index in [1.165, 1.54) is 18.4 Å². The van der Waals surface area contributed by atoms with Crippen molar-refractivity contribution in [2.24, 2.45) is 4.99 Å². The molecule has 1 aliphatic carbocycles. The summed E-state index contributed by atoms with van der Waals surface area (Å²) in [6, 6.07) is 7.88. The second-order valence-electron chi connectivity index (χ2n) is 8.46. The molecular weight excluding hydrogens is 438 g/mol. The molecule has 0 atom stereocenters. The zero-order valence-corrected chi connectivity index (χ0v) is 19.7. The molecule has 1 aromatic carbocycles. The number of halogens is 1. The van der Waals surface area contributed by atoms with E-state index < -0.39 is 0 Å². The molecule has 0 radical (unpaired) electrons. The van der Waals surface area contributed by atoms with Crippen molar-refractivity contribution >= 4 is 17.7 Å². The molecule has 33 heavy (non-hydrogen) atoms. The number of hydrogen-bond donors (Lipinski definition) is 1. The molecule has 0 bridgehead atoms. The third-order valence-corrected chi connectivity index (χ3v) is 6.43. The largest absolute Gasteiger partial charge is 0.367 e. The highest BCUT2D eigenvalue weighted by atomic mass is 35.5. The Morgan fingerprint density at radius 3 is 2.67 bits per heavy atom. The van der Waals surface area contributed by atoms with Crippen LogP contribution in [0, 0.1) is 6.92 Å². The van der Waals surface area contributed by atoms with Crippen LogP contribution in [0.25, 0.3) is 28.6 Å². The van der Waals surface area contributed by atoms with Crippen molar-refractivity contribution in [2.75, 3.05) is 0 Å². The summed E-state index contributed by atoms with van der Waals surface area (Å²) >= 11 is 6.65. The topological polar surface area (TPSA) is 85.3 Å². The van der Waals surface area contributed by atoms with E-state index in [0.717, 1.165) is 29.4 Å². The van der Waals surface area contributed by atoms with Gasteiger partial charge in [-0.1, -0.05) is 41.9 Å². The van der Waals surface area contributed by atoms with Crippen LogP contribution < -0.4 is 21.6 Å². The van der Waals surface area contributed by atoms with Crippen LogP contribution in [0.4, 0.5) is 0 Å². The standard InChI is InChI=1S/C25H26ClN5O2/c1-4-15-6-7-17-12-20(19-11-8-16(13-21(19)26)23-27-14(3)33-30-23)25(32)31(5-2)24(17)29-22(15)28-18-9-10-18/h7-8,11-13,18,28H,4-6,9-10H2,1-3H3. The minimum atomic E-state index is -0.107. The van der Waals surface area contributed by atoms with Gasteiger partial charge in [0, 0.05) is 46.4 Å². The molecule has 0 saturated heterocycles. The lowest BCUT2D eigenvalue weighted by atomic mass is 10.0. The van der Waals surface area contributed by atoms with Crippen LogP contribution in [-0.2, 0) is 6.54 Å². The van der Waals surface area contributed by atoms with Gasteiger partial charge in [0.05, 0.1) is 0 Å². The molecule has 7 nitrogen and oxygen atoms in total. The first kappa shape index (κ1) is 21.6. The van der Waals surface area contributed by atoms with Crippen LogP contribution >= 0.6 is 11.6 Å². The van der Waals surface area contributed by atoms with Crippen LogP contribution in [0.15, 0.2) is 50.0 Å². The summed E-state index contributed by atoms with van der Waals surface area (Å²) in [5, 5.41) is 8.92. The summed E-state index contributed by atoms with van der Waals surface area (Å²) in [6.45, 7) is 6.37. The van der Waals surface area contributed by atoms with Gasteiger partial charge in [0.15, 0.2) is 0 Å². The average molecular weight is 464 g/mol. The van der Waals surface area contributed by atoms with Gasteiger partial charge in [-0.3, -0.25) is 9.36 Å². The Balaban J connectivity index is 1.65. The molecule has 1 N–H and O–H groups in total. The summed E-state index contributed by atoms with van der Waals surface area (Å²) in [4.78, 5) is 22.8. The summed E-state index contributed by atoms with van der Waals surface area (Å²) in [7, 11) is 0. The Morgan fingerprint density at radius 1 is 1.21 bits per heavy atom. The molecular formula is C25H26ClN5O2. The molecule has 1 saturated carbocycles. The number of hydrogen-bond acceptors (Lipinski definition) is 6. The Bertz CT molecular complexity index is 1450. The Kier molecular flexibility index (Phi) is 5.66. The highest BCUT2D eigenvalue weighted by molar-refractivity contribution is 6.33. The fourth-order valence-electron chi connectivity index (χ4n) is 4.11. The number of aromatic nitrogens is 3. The highest BCUT2D eigenvalue weighted by Crippen LogP contribution is 2.29.